The quantitative estimate of drug-likeness (QED) is 0.802. The standard InChI is InChI=1S/C17H15ClFNO/c18-15-5-2-1-4-14(15)17(21)20-11-3-6-16(20)12-7-9-13(19)10-8-12/h1-2,4-5,7-10,16H,3,6,11H2. The van der Waals surface area contributed by atoms with Gasteiger partial charge in [-0.1, -0.05) is 35.9 Å². The topological polar surface area (TPSA) is 20.3 Å². The smallest absolute Gasteiger partial charge is 0.255 e. The highest BCUT2D eigenvalue weighted by Crippen LogP contribution is 2.34. The molecule has 1 amide bonds. The Morgan fingerprint density at radius 1 is 1.14 bits per heavy atom. The van der Waals surface area contributed by atoms with Crippen molar-refractivity contribution in [2.75, 3.05) is 6.54 Å². The number of hydrogen-bond donors (Lipinski definition) is 0. The van der Waals surface area contributed by atoms with E-state index >= 15 is 0 Å². The second-order valence-corrected chi connectivity index (χ2v) is 5.60. The SMILES string of the molecule is O=C(c1ccccc1Cl)N1CCCC1c1ccc(F)cc1. The highest BCUT2D eigenvalue weighted by molar-refractivity contribution is 6.33. The number of nitrogens with zero attached hydrogens (tertiary/aromatic N) is 1. The predicted molar refractivity (Wildman–Crippen MR) is 80.9 cm³/mol. The van der Waals surface area contributed by atoms with Crippen LogP contribution in [0.2, 0.25) is 5.02 Å². The molecule has 1 saturated heterocycles. The Labute approximate surface area is 128 Å². The molecule has 21 heavy (non-hydrogen) atoms. The Balaban J connectivity index is 1.89. The van der Waals surface area contributed by atoms with E-state index in [0.717, 1.165) is 18.4 Å². The molecule has 0 aromatic heterocycles. The van der Waals surface area contributed by atoms with Crippen molar-refractivity contribution in [3.05, 3.63) is 70.5 Å². The molecule has 108 valence electrons. The maximum atomic E-state index is 13.0. The number of rotatable bonds is 2. The van der Waals surface area contributed by atoms with Gasteiger partial charge >= 0.3 is 0 Å². The molecule has 1 unspecified atom stereocenters. The minimum atomic E-state index is -0.263. The fourth-order valence-electron chi connectivity index (χ4n) is 2.83. The molecule has 0 radical (unpaired) electrons. The molecule has 1 aliphatic heterocycles. The highest BCUT2D eigenvalue weighted by Gasteiger charge is 2.31. The molecule has 0 spiro atoms. The summed E-state index contributed by atoms with van der Waals surface area (Å²) >= 11 is 6.11. The van der Waals surface area contributed by atoms with E-state index < -0.39 is 0 Å². The number of halogens is 2. The highest BCUT2D eigenvalue weighted by atomic mass is 35.5. The van der Waals surface area contributed by atoms with Crippen molar-refractivity contribution in [1.29, 1.82) is 0 Å². The molecule has 0 N–H and O–H groups in total. The summed E-state index contributed by atoms with van der Waals surface area (Å²) in [6, 6.07) is 13.4. The van der Waals surface area contributed by atoms with Crippen LogP contribution in [0.1, 0.15) is 34.8 Å². The second kappa shape index (κ2) is 5.86. The first kappa shape index (κ1) is 14.1. The van der Waals surface area contributed by atoms with E-state index in [9.17, 15) is 9.18 Å². The molecule has 0 saturated carbocycles. The van der Waals surface area contributed by atoms with Gasteiger partial charge in [-0.05, 0) is 42.7 Å². The van der Waals surface area contributed by atoms with Gasteiger partial charge in [0, 0.05) is 6.54 Å². The Bertz CT molecular complexity index is 656. The average molecular weight is 304 g/mol. The van der Waals surface area contributed by atoms with Crippen molar-refractivity contribution in [1.82, 2.24) is 4.90 Å². The summed E-state index contributed by atoms with van der Waals surface area (Å²) in [5.74, 6) is -0.326. The molecule has 2 aromatic rings. The molecular formula is C17H15ClFNO. The van der Waals surface area contributed by atoms with Crippen LogP contribution in [0.15, 0.2) is 48.5 Å². The van der Waals surface area contributed by atoms with Crippen molar-refractivity contribution in [2.45, 2.75) is 18.9 Å². The van der Waals surface area contributed by atoms with Crippen LogP contribution < -0.4 is 0 Å². The van der Waals surface area contributed by atoms with E-state index in [-0.39, 0.29) is 17.8 Å². The Morgan fingerprint density at radius 3 is 2.57 bits per heavy atom. The lowest BCUT2D eigenvalue weighted by molar-refractivity contribution is 0.0736. The number of likely N-dealkylation sites (tertiary alicyclic amines) is 1. The van der Waals surface area contributed by atoms with Gasteiger partial charge in [0.2, 0.25) is 0 Å². The van der Waals surface area contributed by atoms with Crippen LogP contribution in [0.5, 0.6) is 0 Å². The monoisotopic (exact) mass is 303 g/mol. The van der Waals surface area contributed by atoms with Crippen LogP contribution in [0.4, 0.5) is 4.39 Å². The van der Waals surface area contributed by atoms with Crippen molar-refractivity contribution >= 4 is 17.5 Å². The van der Waals surface area contributed by atoms with Gasteiger partial charge < -0.3 is 4.90 Å². The first-order chi connectivity index (χ1) is 10.2. The summed E-state index contributed by atoms with van der Waals surface area (Å²) in [6.45, 7) is 0.700. The number of carbonyl (C=O) groups is 1. The van der Waals surface area contributed by atoms with E-state index in [1.165, 1.54) is 12.1 Å². The zero-order valence-corrected chi connectivity index (χ0v) is 12.2. The van der Waals surface area contributed by atoms with Gasteiger partial charge in [0.15, 0.2) is 0 Å². The summed E-state index contributed by atoms with van der Waals surface area (Å²) in [6.07, 6.45) is 1.83. The third-order valence-electron chi connectivity index (χ3n) is 3.87. The van der Waals surface area contributed by atoms with Gasteiger partial charge in [0.25, 0.3) is 5.91 Å². The first-order valence-electron chi connectivity index (χ1n) is 6.98. The molecule has 1 atom stereocenters. The second-order valence-electron chi connectivity index (χ2n) is 5.19. The predicted octanol–water partition coefficient (Wildman–Crippen LogP) is 4.46. The van der Waals surface area contributed by atoms with Gasteiger partial charge in [0.05, 0.1) is 16.6 Å². The lowest BCUT2D eigenvalue weighted by atomic mass is 10.0. The van der Waals surface area contributed by atoms with E-state index in [1.54, 1.807) is 30.3 Å². The van der Waals surface area contributed by atoms with Gasteiger partial charge in [-0.25, -0.2) is 4.39 Å². The summed E-state index contributed by atoms with van der Waals surface area (Å²) < 4.78 is 13.0. The van der Waals surface area contributed by atoms with Crippen LogP contribution in [0.3, 0.4) is 0 Å². The Kier molecular flexibility index (Phi) is 3.93. The maximum absolute atomic E-state index is 13.0. The molecule has 1 fully saturated rings. The fraction of sp³-hybridized carbons (Fsp3) is 0.235. The summed E-state index contributed by atoms with van der Waals surface area (Å²) in [4.78, 5) is 14.5. The number of hydrogen-bond acceptors (Lipinski definition) is 1. The van der Waals surface area contributed by atoms with Gasteiger partial charge in [-0.2, -0.15) is 0 Å². The molecule has 1 aliphatic rings. The van der Waals surface area contributed by atoms with Crippen LogP contribution in [0.25, 0.3) is 0 Å². The summed E-state index contributed by atoms with van der Waals surface area (Å²) in [5, 5.41) is 0.465. The Morgan fingerprint density at radius 2 is 1.86 bits per heavy atom. The zero-order valence-electron chi connectivity index (χ0n) is 11.4. The van der Waals surface area contributed by atoms with E-state index in [1.807, 2.05) is 11.0 Å². The molecule has 0 bridgehead atoms. The van der Waals surface area contributed by atoms with E-state index in [2.05, 4.69) is 0 Å². The molecule has 1 heterocycles. The van der Waals surface area contributed by atoms with Gasteiger partial charge in [-0.3, -0.25) is 4.79 Å². The largest absolute Gasteiger partial charge is 0.332 e. The molecule has 2 nitrogen and oxygen atoms in total. The van der Waals surface area contributed by atoms with Gasteiger partial charge in [0.1, 0.15) is 5.82 Å². The van der Waals surface area contributed by atoms with Crippen molar-refractivity contribution < 1.29 is 9.18 Å². The van der Waals surface area contributed by atoms with Crippen molar-refractivity contribution in [3.8, 4) is 0 Å². The van der Waals surface area contributed by atoms with E-state index in [0.29, 0.717) is 17.1 Å². The van der Waals surface area contributed by atoms with Crippen molar-refractivity contribution in [2.24, 2.45) is 0 Å². The fourth-order valence-corrected chi connectivity index (χ4v) is 3.05. The lowest BCUT2D eigenvalue weighted by Gasteiger charge is -2.25. The number of benzene rings is 2. The van der Waals surface area contributed by atoms with Crippen LogP contribution >= 0.6 is 11.6 Å². The third kappa shape index (κ3) is 2.79. The molecule has 2 aromatic carbocycles. The number of amides is 1. The van der Waals surface area contributed by atoms with Crippen LogP contribution in [-0.2, 0) is 0 Å². The minimum Gasteiger partial charge on any atom is -0.332 e. The lowest BCUT2D eigenvalue weighted by Crippen LogP contribution is -2.30. The normalized spacial score (nSPS) is 18.0. The molecule has 4 heteroatoms. The minimum absolute atomic E-state index is 0.00521. The van der Waals surface area contributed by atoms with Crippen LogP contribution in [0, 0.1) is 5.82 Å². The average Bonchev–Trinajstić information content (AvgIpc) is 2.97. The zero-order chi connectivity index (χ0) is 14.8. The molecular weight excluding hydrogens is 289 g/mol. The summed E-state index contributed by atoms with van der Waals surface area (Å²) in [7, 11) is 0. The molecule has 0 aliphatic carbocycles. The molecule has 3 rings (SSSR count). The maximum Gasteiger partial charge on any atom is 0.255 e. The first-order valence-corrected chi connectivity index (χ1v) is 7.35. The summed E-state index contributed by atoms with van der Waals surface area (Å²) in [5.41, 5.74) is 1.49. The van der Waals surface area contributed by atoms with Gasteiger partial charge in [-0.15, -0.1) is 0 Å². The third-order valence-corrected chi connectivity index (χ3v) is 4.20. The van der Waals surface area contributed by atoms with Crippen LogP contribution in [-0.4, -0.2) is 17.4 Å². The Hall–Kier alpha value is -1.87. The van der Waals surface area contributed by atoms with E-state index in [4.69, 9.17) is 11.6 Å². The number of carbonyl (C=O) groups excluding carboxylic acids is 1. The van der Waals surface area contributed by atoms with Crippen molar-refractivity contribution in [3.63, 3.8) is 0 Å².